The van der Waals surface area contributed by atoms with Gasteiger partial charge in [-0.25, -0.2) is 19.2 Å². The lowest BCUT2D eigenvalue weighted by atomic mass is 9.84. The number of amides is 2. The molecule has 29 heavy (non-hydrogen) atoms. The second-order valence-electron chi connectivity index (χ2n) is 7.99. The molecule has 3 aliphatic rings. The van der Waals surface area contributed by atoms with Crippen molar-refractivity contribution in [1.29, 1.82) is 0 Å². The highest BCUT2D eigenvalue weighted by atomic mass is 19.1. The highest BCUT2D eigenvalue weighted by Gasteiger charge is 2.61. The molecule has 7 nitrogen and oxygen atoms in total. The number of rotatable bonds is 4. The minimum Gasteiger partial charge on any atom is -0.328 e. The third kappa shape index (κ3) is 3.03. The number of aromatic nitrogens is 2. The Hall–Kier alpha value is -3.34. The molecule has 2 fully saturated rings. The Bertz CT molecular complexity index is 1060. The van der Waals surface area contributed by atoms with Crippen LogP contribution in [0.5, 0.6) is 0 Å². The number of fused-ring (bicyclic) bond motifs is 2. The summed E-state index contributed by atoms with van der Waals surface area (Å²) in [5, 5.41) is 2.52. The van der Waals surface area contributed by atoms with Gasteiger partial charge in [0.15, 0.2) is 0 Å². The van der Waals surface area contributed by atoms with Crippen LogP contribution in [0.2, 0.25) is 0 Å². The van der Waals surface area contributed by atoms with E-state index in [0.717, 1.165) is 18.4 Å². The maximum atomic E-state index is 14.5. The number of benzene rings is 1. The summed E-state index contributed by atoms with van der Waals surface area (Å²) < 4.78 is 14.5. The Balaban J connectivity index is 1.35. The zero-order valence-electron chi connectivity index (χ0n) is 15.6. The van der Waals surface area contributed by atoms with E-state index in [4.69, 9.17) is 6.57 Å². The van der Waals surface area contributed by atoms with E-state index in [2.05, 4.69) is 20.1 Å². The van der Waals surface area contributed by atoms with Gasteiger partial charge in [-0.2, -0.15) is 0 Å². The summed E-state index contributed by atoms with van der Waals surface area (Å²) in [6, 6.07) is 5.75. The van der Waals surface area contributed by atoms with Gasteiger partial charge in [0.05, 0.1) is 6.57 Å². The number of carbonyl (C=O) groups is 2. The fourth-order valence-corrected chi connectivity index (χ4v) is 4.11. The number of nitrogens with one attached hydrogen (secondary N) is 1. The van der Waals surface area contributed by atoms with Crippen LogP contribution in [0, 0.1) is 6.57 Å². The maximum Gasteiger partial charge on any atom is 0.254 e. The van der Waals surface area contributed by atoms with Crippen LogP contribution in [0.15, 0.2) is 30.6 Å². The zero-order valence-corrected chi connectivity index (χ0v) is 15.6. The number of alkyl halides is 1. The van der Waals surface area contributed by atoms with Crippen molar-refractivity contribution < 1.29 is 14.0 Å². The predicted octanol–water partition coefficient (Wildman–Crippen LogP) is 2.98. The Morgan fingerprint density at radius 3 is 2.69 bits per heavy atom. The molecular formula is C21H18FN5O2. The lowest BCUT2D eigenvalue weighted by Crippen LogP contribution is -2.47. The number of hydrogen-bond acceptors (Lipinski definition) is 4. The third-order valence-electron chi connectivity index (χ3n) is 5.96. The number of carbonyl (C=O) groups excluding carboxylic acids is 2. The van der Waals surface area contributed by atoms with Crippen LogP contribution in [0.3, 0.4) is 0 Å². The molecule has 1 aromatic carbocycles. The van der Waals surface area contributed by atoms with E-state index in [1.54, 1.807) is 6.07 Å². The van der Waals surface area contributed by atoms with Crippen molar-refractivity contribution in [3.8, 4) is 0 Å². The first-order valence-corrected chi connectivity index (χ1v) is 9.57. The topological polar surface area (TPSA) is 79.5 Å². The molecular weight excluding hydrogens is 373 g/mol. The molecule has 2 heterocycles. The smallest absolute Gasteiger partial charge is 0.254 e. The lowest BCUT2D eigenvalue weighted by Gasteiger charge is -2.34. The van der Waals surface area contributed by atoms with Gasteiger partial charge in [0.1, 0.15) is 12.7 Å². The summed E-state index contributed by atoms with van der Waals surface area (Å²) in [5.74, 6) is -0.127. The molecule has 8 heteroatoms. The van der Waals surface area contributed by atoms with Crippen LogP contribution in [0.4, 0.5) is 16.0 Å². The fourth-order valence-electron chi connectivity index (χ4n) is 4.11. The summed E-state index contributed by atoms with van der Waals surface area (Å²) in [6.45, 7) is 6.88. The van der Waals surface area contributed by atoms with Gasteiger partial charge in [-0.3, -0.25) is 14.9 Å². The van der Waals surface area contributed by atoms with Crippen molar-refractivity contribution in [3.05, 3.63) is 58.7 Å². The zero-order chi connectivity index (χ0) is 20.2. The molecule has 5 rings (SSSR count). The number of nitrogens with zero attached hydrogens (tertiary/aromatic N) is 4. The first-order valence-electron chi connectivity index (χ1n) is 9.57. The molecule has 0 bridgehead atoms. The molecule has 2 saturated carbocycles. The molecule has 1 N–H and O–H groups in total. The van der Waals surface area contributed by atoms with Crippen molar-refractivity contribution in [2.24, 2.45) is 0 Å². The second kappa shape index (κ2) is 6.34. The van der Waals surface area contributed by atoms with Crippen molar-refractivity contribution in [1.82, 2.24) is 14.9 Å². The van der Waals surface area contributed by atoms with Crippen LogP contribution in [-0.2, 0) is 10.2 Å². The normalized spacial score (nSPS) is 24.8. The number of hydrogen-bond donors (Lipinski definition) is 1. The summed E-state index contributed by atoms with van der Waals surface area (Å²) in [6.07, 6.45) is 4.28. The van der Waals surface area contributed by atoms with E-state index in [9.17, 15) is 14.0 Å². The minimum atomic E-state index is -1.00. The van der Waals surface area contributed by atoms with Gasteiger partial charge in [0.2, 0.25) is 17.5 Å². The summed E-state index contributed by atoms with van der Waals surface area (Å²) >= 11 is 0. The van der Waals surface area contributed by atoms with Gasteiger partial charge in [-0.05, 0) is 42.4 Å². The lowest BCUT2D eigenvalue weighted by molar-refractivity contribution is -0.117. The van der Waals surface area contributed by atoms with E-state index in [-0.39, 0.29) is 30.6 Å². The first kappa shape index (κ1) is 17.7. The number of anilines is 1. The molecule has 146 valence electrons. The quantitative estimate of drug-likeness (QED) is 0.813. The van der Waals surface area contributed by atoms with Gasteiger partial charge in [-0.1, -0.05) is 12.1 Å². The standard InChI is InChI=1S/C21H18FN5O2/c1-23-14-8-24-20(25-9-14)26-18(28)10-27-11-21(7-17(21)22)16-6-13(12-2-3-12)4-5-15(16)19(27)29/h4-6,8-9,12,17H,2-3,7,10-11H2,(H,24,25,26,28)/t17-,21-/m0/s1. The molecule has 1 spiro atoms. The molecule has 0 saturated heterocycles. The van der Waals surface area contributed by atoms with Gasteiger partial charge in [0, 0.05) is 29.9 Å². The highest BCUT2D eigenvalue weighted by Crippen LogP contribution is 2.55. The van der Waals surface area contributed by atoms with E-state index < -0.39 is 17.5 Å². The first-order chi connectivity index (χ1) is 14.0. The van der Waals surface area contributed by atoms with Gasteiger partial charge < -0.3 is 4.90 Å². The number of halogens is 1. The Morgan fingerprint density at radius 2 is 2.07 bits per heavy atom. The van der Waals surface area contributed by atoms with Gasteiger partial charge >= 0.3 is 0 Å². The average molecular weight is 391 g/mol. The van der Waals surface area contributed by atoms with Crippen molar-refractivity contribution in [2.75, 3.05) is 18.4 Å². The summed E-state index contributed by atoms with van der Waals surface area (Å²) in [4.78, 5) is 37.8. The Labute approximate surface area is 166 Å². The molecule has 0 radical (unpaired) electrons. The van der Waals surface area contributed by atoms with Crippen molar-refractivity contribution in [2.45, 2.75) is 36.8 Å². The van der Waals surface area contributed by atoms with Crippen LogP contribution < -0.4 is 5.32 Å². The Kier molecular flexibility index (Phi) is 3.88. The van der Waals surface area contributed by atoms with Crippen LogP contribution in [-0.4, -0.2) is 45.9 Å². The largest absolute Gasteiger partial charge is 0.328 e. The molecule has 1 aromatic heterocycles. The van der Waals surface area contributed by atoms with Crippen LogP contribution in [0.1, 0.15) is 46.7 Å². The molecule has 2 amide bonds. The summed E-state index contributed by atoms with van der Waals surface area (Å²) in [5.41, 5.74) is 2.05. The third-order valence-corrected chi connectivity index (χ3v) is 5.96. The van der Waals surface area contributed by atoms with E-state index in [1.807, 2.05) is 12.1 Å². The Morgan fingerprint density at radius 1 is 1.34 bits per heavy atom. The van der Waals surface area contributed by atoms with Gasteiger partial charge in [0.25, 0.3) is 5.91 Å². The predicted molar refractivity (Wildman–Crippen MR) is 102 cm³/mol. The summed E-state index contributed by atoms with van der Waals surface area (Å²) in [7, 11) is 0. The van der Waals surface area contributed by atoms with E-state index in [1.165, 1.54) is 22.9 Å². The van der Waals surface area contributed by atoms with E-state index >= 15 is 0 Å². The highest BCUT2D eigenvalue weighted by molar-refractivity contribution is 6.01. The average Bonchev–Trinajstić information content (AvgIpc) is 3.64. The fraction of sp³-hybridized carbons (Fsp3) is 0.381. The molecule has 1 aliphatic heterocycles. The molecule has 2 aromatic rings. The SMILES string of the molecule is [C-]#[N+]c1cnc(NC(=O)CN2C[C@@]3(C[C@@H]3F)c3cc(C4CC4)ccc3C2=O)nc1. The second-order valence-corrected chi connectivity index (χ2v) is 7.99. The van der Waals surface area contributed by atoms with Crippen molar-refractivity contribution in [3.63, 3.8) is 0 Å². The van der Waals surface area contributed by atoms with Gasteiger partial charge in [-0.15, -0.1) is 0 Å². The maximum absolute atomic E-state index is 14.5. The molecule has 0 unspecified atom stereocenters. The van der Waals surface area contributed by atoms with E-state index in [0.29, 0.717) is 17.9 Å². The minimum absolute atomic E-state index is 0.0610. The molecule has 2 atom stereocenters. The molecule has 2 aliphatic carbocycles. The van der Waals surface area contributed by atoms with Crippen molar-refractivity contribution >= 4 is 23.5 Å². The van der Waals surface area contributed by atoms with Crippen LogP contribution >= 0.6 is 0 Å². The monoisotopic (exact) mass is 391 g/mol. The van der Waals surface area contributed by atoms with Crippen LogP contribution in [0.25, 0.3) is 4.85 Å².